The Balaban J connectivity index is 1.85. The molecule has 3 rings (SSSR count). The summed E-state index contributed by atoms with van der Waals surface area (Å²) in [6.45, 7) is 7.90. The van der Waals surface area contributed by atoms with Crippen LogP contribution in [0.2, 0.25) is 0 Å². The summed E-state index contributed by atoms with van der Waals surface area (Å²) in [7, 11) is 0. The van der Waals surface area contributed by atoms with Gasteiger partial charge in [0.1, 0.15) is 0 Å². The van der Waals surface area contributed by atoms with E-state index in [1.54, 1.807) is 6.92 Å². The molecule has 0 bridgehead atoms. The first-order valence-electron chi connectivity index (χ1n) is 10.7. The number of rotatable bonds is 9. The number of carbonyl (C=O) groups excluding carboxylic acids is 1. The van der Waals surface area contributed by atoms with Crippen molar-refractivity contribution in [3.05, 3.63) is 95.6 Å². The second-order valence-electron chi connectivity index (χ2n) is 7.88. The van der Waals surface area contributed by atoms with Gasteiger partial charge in [-0.05, 0) is 72.1 Å². The van der Waals surface area contributed by atoms with E-state index in [9.17, 15) is 9.90 Å². The van der Waals surface area contributed by atoms with Crippen molar-refractivity contribution in [2.75, 3.05) is 13.2 Å². The first-order valence-corrected chi connectivity index (χ1v) is 10.7. The number of carbonyl (C=O) groups is 1. The van der Waals surface area contributed by atoms with E-state index in [1.165, 1.54) is 33.4 Å². The van der Waals surface area contributed by atoms with Gasteiger partial charge in [0.2, 0.25) is 0 Å². The molecule has 0 saturated heterocycles. The minimum absolute atomic E-state index is 0.125. The minimum atomic E-state index is -0.346. The van der Waals surface area contributed by atoms with Gasteiger partial charge in [-0.15, -0.1) is 0 Å². The number of esters is 1. The first kappa shape index (κ1) is 22.5. The number of aliphatic hydroxyl groups excluding tert-OH is 1. The fourth-order valence-electron chi connectivity index (χ4n) is 3.73. The van der Waals surface area contributed by atoms with E-state index >= 15 is 0 Å². The molecule has 0 aliphatic carbocycles. The van der Waals surface area contributed by atoms with Crippen LogP contribution in [0.1, 0.15) is 30.0 Å². The zero-order chi connectivity index (χ0) is 22.2. The summed E-state index contributed by atoms with van der Waals surface area (Å²) in [5, 5.41) is 9.34. The Morgan fingerprint density at radius 1 is 0.935 bits per heavy atom. The van der Waals surface area contributed by atoms with Gasteiger partial charge >= 0.3 is 5.97 Å². The third-order valence-electron chi connectivity index (χ3n) is 5.37. The highest BCUT2D eigenvalue weighted by molar-refractivity contribution is 5.86. The Kier molecular flexibility index (Phi) is 7.80. The van der Waals surface area contributed by atoms with Crippen molar-refractivity contribution < 1.29 is 14.6 Å². The smallest absolute Gasteiger partial charge is 0.333 e. The number of hydrogen-bond donors (Lipinski definition) is 1. The van der Waals surface area contributed by atoms with Crippen LogP contribution in [-0.2, 0) is 22.4 Å². The summed E-state index contributed by atoms with van der Waals surface area (Å²) in [5.41, 5.74) is 8.73. The van der Waals surface area contributed by atoms with Crippen LogP contribution in [0, 0.1) is 6.92 Å². The van der Waals surface area contributed by atoms with Crippen LogP contribution in [0.25, 0.3) is 22.3 Å². The number of aryl methyl sites for hydroxylation is 2. The normalized spacial score (nSPS) is 10.7. The van der Waals surface area contributed by atoms with Crippen molar-refractivity contribution >= 4 is 5.97 Å². The summed E-state index contributed by atoms with van der Waals surface area (Å²) in [4.78, 5) is 11.6. The monoisotopic (exact) mass is 414 g/mol. The molecule has 0 aliphatic rings. The zero-order valence-electron chi connectivity index (χ0n) is 18.4. The molecule has 0 saturated carbocycles. The van der Waals surface area contributed by atoms with Crippen LogP contribution in [0.5, 0.6) is 0 Å². The molecular formula is C28H30O3. The summed E-state index contributed by atoms with van der Waals surface area (Å²) < 4.78 is 5.26. The molecule has 0 aromatic heterocycles. The van der Waals surface area contributed by atoms with E-state index in [1.807, 2.05) is 6.07 Å². The highest BCUT2D eigenvalue weighted by Gasteiger charge is 2.11. The van der Waals surface area contributed by atoms with Gasteiger partial charge < -0.3 is 9.84 Å². The summed E-state index contributed by atoms with van der Waals surface area (Å²) in [6.07, 6.45) is 2.15. The molecular weight excluding hydrogens is 384 g/mol. The molecule has 0 heterocycles. The van der Waals surface area contributed by atoms with Crippen LogP contribution in [-0.4, -0.2) is 24.3 Å². The highest BCUT2D eigenvalue weighted by atomic mass is 16.5. The van der Waals surface area contributed by atoms with Gasteiger partial charge in [0, 0.05) is 12.2 Å². The standard InChI is InChI=1S/C28H30O3/c1-20(2)28(30)31-17-7-10-25-19-22(15-16-29)11-13-27(25)26-14-12-24(18-21(26)3)23-8-5-4-6-9-23/h4-6,8-9,11-14,18-19,29H,1,7,10,15-17H2,2-3H3. The summed E-state index contributed by atoms with van der Waals surface area (Å²) >= 11 is 0. The molecule has 0 unspecified atom stereocenters. The predicted octanol–water partition coefficient (Wildman–Crippen LogP) is 5.92. The topological polar surface area (TPSA) is 46.5 Å². The zero-order valence-corrected chi connectivity index (χ0v) is 18.4. The van der Waals surface area contributed by atoms with Crippen molar-refractivity contribution in [3.63, 3.8) is 0 Å². The van der Waals surface area contributed by atoms with Gasteiger partial charge in [0.25, 0.3) is 0 Å². The van der Waals surface area contributed by atoms with Crippen LogP contribution in [0.15, 0.2) is 78.9 Å². The second kappa shape index (κ2) is 10.7. The highest BCUT2D eigenvalue weighted by Crippen LogP contribution is 2.32. The van der Waals surface area contributed by atoms with Gasteiger partial charge in [-0.1, -0.05) is 73.3 Å². The molecule has 0 amide bonds. The summed E-state index contributed by atoms with van der Waals surface area (Å²) in [6, 6.07) is 23.3. The molecule has 0 radical (unpaired) electrons. The third kappa shape index (κ3) is 5.93. The lowest BCUT2D eigenvalue weighted by Gasteiger charge is -2.15. The molecule has 31 heavy (non-hydrogen) atoms. The van der Waals surface area contributed by atoms with Crippen molar-refractivity contribution in [1.82, 2.24) is 0 Å². The lowest BCUT2D eigenvalue weighted by Crippen LogP contribution is -2.07. The van der Waals surface area contributed by atoms with Crippen LogP contribution in [0.3, 0.4) is 0 Å². The number of hydrogen-bond acceptors (Lipinski definition) is 3. The van der Waals surface area contributed by atoms with Crippen LogP contribution in [0.4, 0.5) is 0 Å². The van der Waals surface area contributed by atoms with E-state index in [2.05, 4.69) is 74.2 Å². The van der Waals surface area contributed by atoms with Crippen LogP contribution < -0.4 is 0 Å². The van der Waals surface area contributed by atoms with Gasteiger partial charge in [0.05, 0.1) is 6.61 Å². The Hall–Kier alpha value is -3.17. The number of aliphatic hydroxyl groups is 1. The first-order chi connectivity index (χ1) is 15.0. The van der Waals surface area contributed by atoms with E-state index in [-0.39, 0.29) is 12.6 Å². The molecule has 0 aliphatic heterocycles. The van der Waals surface area contributed by atoms with E-state index < -0.39 is 0 Å². The maximum atomic E-state index is 11.6. The predicted molar refractivity (Wildman–Crippen MR) is 127 cm³/mol. The van der Waals surface area contributed by atoms with Crippen molar-refractivity contribution in [2.24, 2.45) is 0 Å². The lowest BCUT2D eigenvalue weighted by molar-refractivity contribution is -0.139. The molecule has 3 aromatic rings. The average molecular weight is 415 g/mol. The molecule has 0 spiro atoms. The van der Waals surface area contributed by atoms with Gasteiger partial charge in [-0.3, -0.25) is 0 Å². The number of ether oxygens (including phenoxy) is 1. The third-order valence-corrected chi connectivity index (χ3v) is 5.37. The van der Waals surface area contributed by atoms with E-state index in [0.717, 1.165) is 18.4 Å². The Morgan fingerprint density at radius 3 is 2.35 bits per heavy atom. The van der Waals surface area contributed by atoms with Gasteiger partial charge in [0.15, 0.2) is 0 Å². The SMILES string of the molecule is C=C(C)C(=O)OCCCc1cc(CCO)ccc1-c1ccc(-c2ccccc2)cc1C. The molecule has 160 valence electrons. The number of benzene rings is 3. The molecule has 0 atom stereocenters. The fourth-order valence-corrected chi connectivity index (χ4v) is 3.73. The second-order valence-corrected chi connectivity index (χ2v) is 7.88. The fraction of sp³-hybridized carbons (Fsp3) is 0.250. The molecule has 0 fully saturated rings. The Bertz CT molecular complexity index is 1050. The largest absolute Gasteiger partial charge is 0.462 e. The quantitative estimate of drug-likeness (QED) is 0.269. The van der Waals surface area contributed by atoms with Crippen LogP contribution >= 0.6 is 0 Å². The Labute approximate surface area is 185 Å². The maximum Gasteiger partial charge on any atom is 0.333 e. The Morgan fingerprint density at radius 2 is 1.68 bits per heavy atom. The summed E-state index contributed by atoms with van der Waals surface area (Å²) in [5.74, 6) is -0.346. The minimum Gasteiger partial charge on any atom is -0.462 e. The lowest BCUT2D eigenvalue weighted by atomic mass is 9.90. The molecule has 3 aromatic carbocycles. The van der Waals surface area contributed by atoms with Crippen molar-refractivity contribution in [3.8, 4) is 22.3 Å². The maximum absolute atomic E-state index is 11.6. The van der Waals surface area contributed by atoms with E-state index in [4.69, 9.17) is 4.74 Å². The van der Waals surface area contributed by atoms with Crippen molar-refractivity contribution in [1.29, 1.82) is 0 Å². The van der Waals surface area contributed by atoms with E-state index in [0.29, 0.717) is 18.6 Å². The molecule has 3 heteroatoms. The molecule has 3 nitrogen and oxygen atoms in total. The van der Waals surface area contributed by atoms with Gasteiger partial charge in [-0.25, -0.2) is 4.79 Å². The van der Waals surface area contributed by atoms with Gasteiger partial charge in [-0.2, -0.15) is 0 Å². The van der Waals surface area contributed by atoms with Crippen molar-refractivity contribution in [2.45, 2.75) is 33.1 Å². The average Bonchev–Trinajstić information content (AvgIpc) is 2.77. The molecule has 1 N–H and O–H groups in total.